The van der Waals surface area contributed by atoms with E-state index in [0.29, 0.717) is 19.6 Å². The first kappa shape index (κ1) is 17.5. The number of pyridine rings is 1. The average Bonchev–Trinajstić information content (AvgIpc) is 3.18. The molecule has 2 amide bonds. The van der Waals surface area contributed by atoms with Crippen molar-refractivity contribution in [3.05, 3.63) is 42.5 Å². The number of hydrogen-bond acceptors (Lipinski definition) is 5. The molecule has 3 rings (SSSR count). The number of amides is 2. The number of likely N-dealkylation sites (tertiary alicyclic amines) is 1. The Kier molecular flexibility index (Phi) is 5.70. The molecule has 1 aliphatic heterocycles. The van der Waals surface area contributed by atoms with Crippen LogP contribution >= 0.6 is 11.8 Å². The molecule has 0 aliphatic carbocycles. The van der Waals surface area contributed by atoms with Crippen molar-refractivity contribution < 1.29 is 9.59 Å². The highest BCUT2D eigenvalue weighted by molar-refractivity contribution is 7.99. The Morgan fingerprint density at radius 1 is 1.44 bits per heavy atom. The summed E-state index contributed by atoms with van der Waals surface area (Å²) in [6, 6.07) is 3.78. The molecule has 1 aliphatic rings. The first-order chi connectivity index (χ1) is 12.1. The fraction of sp³-hybridized carbons (Fsp3) is 0.412. The van der Waals surface area contributed by atoms with Gasteiger partial charge in [-0.2, -0.15) is 0 Å². The molecule has 0 spiro atoms. The SMILES string of the molecule is Cn1ccnc1SCCNC(=O)C1CC(=O)N(Cc2cccnc2)C1. The van der Waals surface area contributed by atoms with Crippen molar-refractivity contribution in [2.75, 3.05) is 18.8 Å². The van der Waals surface area contributed by atoms with Gasteiger partial charge in [0, 0.05) is 63.6 Å². The lowest BCUT2D eigenvalue weighted by Crippen LogP contribution is -2.34. The quantitative estimate of drug-likeness (QED) is 0.591. The second-order valence-electron chi connectivity index (χ2n) is 6.00. The molecule has 1 N–H and O–H groups in total. The van der Waals surface area contributed by atoms with Crippen LogP contribution in [0.25, 0.3) is 0 Å². The molecule has 8 heteroatoms. The monoisotopic (exact) mass is 359 g/mol. The molecule has 0 aromatic carbocycles. The normalized spacial score (nSPS) is 17.1. The van der Waals surface area contributed by atoms with Crippen molar-refractivity contribution in [1.29, 1.82) is 0 Å². The number of hydrogen-bond donors (Lipinski definition) is 1. The van der Waals surface area contributed by atoms with E-state index >= 15 is 0 Å². The molecule has 1 atom stereocenters. The van der Waals surface area contributed by atoms with Crippen LogP contribution in [0.4, 0.5) is 0 Å². The van der Waals surface area contributed by atoms with Gasteiger partial charge in [-0.1, -0.05) is 17.8 Å². The Balaban J connectivity index is 1.42. The van der Waals surface area contributed by atoms with Crippen molar-refractivity contribution in [3.8, 4) is 0 Å². The van der Waals surface area contributed by atoms with Crippen LogP contribution in [0.3, 0.4) is 0 Å². The van der Waals surface area contributed by atoms with Gasteiger partial charge in [0.25, 0.3) is 0 Å². The van der Waals surface area contributed by atoms with Crippen molar-refractivity contribution >= 4 is 23.6 Å². The highest BCUT2D eigenvalue weighted by Crippen LogP contribution is 2.20. The number of nitrogens with one attached hydrogen (secondary N) is 1. The van der Waals surface area contributed by atoms with Gasteiger partial charge in [-0.05, 0) is 11.6 Å². The molecule has 1 saturated heterocycles. The maximum Gasteiger partial charge on any atom is 0.225 e. The maximum absolute atomic E-state index is 12.3. The van der Waals surface area contributed by atoms with E-state index in [2.05, 4.69) is 15.3 Å². The molecule has 132 valence electrons. The van der Waals surface area contributed by atoms with Gasteiger partial charge in [0.1, 0.15) is 0 Å². The number of carbonyl (C=O) groups excluding carboxylic acids is 2. The van der Waals surface area contributed by atoms with Gasteiger partial charge in [0.05, 0.1) is 5.92 Å². The van der Waals surface area contributed by atoms with Crippen molar-refractivity contribution in [2.45, 2.75) is 18.1 Å². The molecule has 0 bridgehead atoms. The molecule has 3 heterocycles. The molecule has 1 unspecified atom stereocenters. The molecule has 2 aromatic rings. The smallest absolute Gasteiger partial charge is 0.225 e. The summed E-state index contributed by atoms with van der Waals surface area (Å²) in [5.74, 6) is 0.438. The highest BCUT2D eigenvalue weighted by atomic mass is 32.2. The number of aromatic nitrogens is 3. The summed E-state index contributed by atoms with van der Waals surface area (Å²) in [5.41, 5.74) is 0.975. The maximum atomic E-state index is 12.3. The molecule has 7 nitrogen and oxygen atoms in total. The second kappa shape index (κ2) is 8.15. The largest absolute Gasteiger partial charge is 0.355 e. The highest BCUT2D eigenvalue weighted by Gasteiger charge is 2.34. The predicted molar refractivity (Wildman–Crippen MR) is 94.7 cm³/mol. The van der Waals surface area contributed by atoms with Crippen LogP contribution in [-0.2, 0) is 23.2 Å². The van der Waals surface area contributed by atoms with Crippen molar-refractivity contribution in [1.82, 2.24) is 24.8 Å². The zero-order valence-electron chi connectivity index (χ0n) is 14.1. The number of aryl methyl sites for hydroxylation is 1. The number of thioether (sulfide) groups is 1. The summed E-state index contributed by atoms with van der Waals surface area (Å²) in [6.07, 6.45) is 7.37. The summed E-state index contributed by atoms with van der Waals surface area (Å²) in [7, 11) is 1.94. The molecule has 2 aromatic heterocycles. The summed E-state index contributed by atoms with van der Waals surface area (Å²) in [5, 5.41) is 3.85. The van der Waals surface area contributed by atoms with E-state index in [0.717, 1.165) is 16.5 Å². The standard InChI is InChI=1S/C17H21N5O2S/c1-21-7-5-20-17(21)25-8-6-19-16(24)14-9-15(23)22(12-14)11-13-3-2-4-18-10-13/h2-5,7,10,14H,6,8-9,11-12H2,1H3,(H,19,24). The summed E-state index contributed by atoms with van der Waals surface area (Å²) >= 11 is 1.59. The van der Waals surface area contributed by atoms with E-state index in [1.807, 2.05) is 29.9 Å². The minimum atomic E-state index is -0.276. The lowest BCUT2D eigenvalue weighted by molar-refractivity contribution is -0.129. The van der Waals surface area contributed by atoms with E-state index in [9.17, 15) is 9.59 Å². The lowest BCUT2D eigenvalue weighted by atomic mass is 10.1. The number of rotatable bonds is 7. The van der Waals surface area contributed by atoms with E-state index in [1.54, 1.807) is 35.3 Å². The Bertz CT molecular complexity index is 734. The predicted octanol–water partition coefficient (Wildman–Crippen LogP) is 1.07. The minimum Gasteiger partial charge on any atom is -0.355 e. The topological polar surface area (TPSA) is 80.1 Å². The molecule has 1 fully saturated rings. The van der Waals surface area contributed by atoms with Crippen LogP contribution in [0.1, 0.15) is 12.0 Å². The van der Waals surface area contributed by atoms with Gasteiger partial charge in [0.15, 0.2) is 5.16 Å². The van der Waals surface area contributed by atoms with E-state index in [4.69, 9.17) is 0 Å². The van der Waals surface area contributed by atoms with Gasteiger partial charge < -0.3 is 14.8 Å². The number of nitrogens with zero attached hydrogens (tertiary/aromatic N) is 4. The van der Waals surface area contributed by atoms with Gasteiger partial charge in [-0.25, -0.2) is 4.98 Å². The third-order valence-electron chi connectivity index (χ3n) is 4.09. The zero-order chi connectivity index (χ0) is 17.6. The Morgan fingerprint density at radius 3 is 3.04 bits per heavy atom. The molecular weight excluding hydrogens is 338 g/mol. The van der Waals surface area contributed by atoms with Gasteiger partial charge >= 0.3 is 0 Å². The molecular formula is C17H21N5O2S. The average molecular weight is 359 g/mol. The molecule has 25 heavy (non-hydrogen) atoms. The van der Waals surface area contributed by atoms with E-state index < -0.39 is 0 Å². The van der Waals surface area contributed by atoms with Crippen LogP contribution < -0.4 is 5.32 Å². The number of imidazole rings is 1. The third kappa shape index (κ3) is 4.60. The second-order valence-corrected chi connectivity index (χ2v) is 7.06. The summed E-state index contributed by atoms with van der Waals surface area (Å²) < 4.78 is 1.94. The number of carbonyl (C=O) groups is 2. The fourth-order valence-electron chi connectivity index (χ4n) is 2.76. The summed E-state index contributed by atoms with van der Waals surface area (Å²) in [4.78, 5) is 34.4. The van der Waals surface area contributed by atoms with Crippen molar-refractivity contribution in [3.63, 3.8) is 0 Å². The van der Waals surface area contributed by atoms with Crippen LogP contribution in [-0.4, -0.2) is 50.1 Å². The molecule has 0 radical (unpaired) electrons. The third-order valence-corrected chi connectivity index (χ3v) is 5.15. The van der Waals surface area contributed by atoms with Gasteiger partial charge in [0.2, 0.25) is 11.8 Å². The zero-order valence-corrected chi connectivity index (χ0v) is 14.9. The first-order valence-electron chi connectivity index (χ1n) is 8.18. The first-order valence-corrected chi connectivity index (χ1v) is 9.16. The molecule has 0 saturated carbocycles. The van der Waals surface area contributed by atoms with Gasteiger partial charge in [-0.3, -0.25) is 14.6 Å². The Labute approximate surface area is 150 Å². The minimum absolute atomic E-state index is 0.0198. The van der Waals surface area contributed by atoms with Crippen LogP contribution in [0.5, 0.6) is 0 Å². The van der Waals surface area contributed by atoms with Gasteiger partial charge in [-0.15, -0.1) is 0 Å². The Morgan fingerprint density at radius 2 is 2.32 bits per heavy atom. The summed E-state index contributed by atoms with van der Waals surface area (Å²) in [6.45, 7) is 1.53. The fourth-order valence-corrected chi connectivity index (χ4v) is 3.55. The van der Waals surface area contributed by atoms with Crippen LogP contribution in [0, 0.1) is 5.92 Å². The van der Waals surface area contributed by atoms with Crippen molar-refractivity contribution in [2.24, 2.45) is 13.0 Å². The van der Waals surface area contributed by atoms with E-state index in [1.165, 1.54) is 0 Å². The lowest BCUT2D eigenvalue weighted by Gasteiger charge is -2.16. The van der Waals surface area contributed by atoms with Crippen LogP contribution in [0.2, 0.25) is 0 Å². The Hall–Kier alpha value is -2.35. The van der Waals surface area contributed by atoms with Crippen LogP contribution in [0.15, 0.2) is 42.1 Å². The van der Waals surface area contributed by atoms with E-state index in [-0.39, 0.29) is 24.2 Å².